The number of nitrogen functional groups attached to an aromatic ring is 1. The Morgan fingerprint density at radius 1 is 1.30 bits per heavy atom. The highest BCUT2D eigenvalue weighted by Gasteiger charge is 2.42. The summed E-state index contributed by atoms with van der Waals surface area (Å²) >= 11 is 0. The topological polar surface area (TPSA) is 117 Å². The predicted octanol–water partition coefficient (Wildman–Crippen LogP) is -0.321. The van der Waals surface area contributed by atoms with Crippen molar-refractivity contribution in [2.75, 3.05) is 12.3 Å². The van der Waals surface area contributed by atoms with Crippen molar-refractivity contribution in [3.8, 4) is 0 Å². The van der Waals surface area contributed by atoms with Crippen molar-refractivity contribution in [3.63, 3.8) is 0 Å². The lowest BCUT2D eigenvalue weighted by molar-refractivity contribution is 0.00281. The molecule has 2 heterocycles. The van der Waals surface area contributed by atoms with E-state index in [1.54, 1.807) is 23.2 Å². The van der Waals surface area contributed by atoms with E-state index >= 15 is 0 Å². The summed E-state index contributed by atoms with van der Waals surface area (Å²) in [7, 11) is 0. The fourth-order valence-corrected chi connectivity index (χ4v) is 3.09. The lowest BCUT2D eigenvalue weighted by Gasteiger charge is -2.19. The van der Waals surface area contributed by atoms with Crippen molar-refractivity contribution < 1.29 is 15.3 Å². The van der Waals surface area contributed by atoms with Crippen molar-refractivity contribution in [3.05, 3.63) is 18.6 Å². The fraction of sp³-hybridized carbons (Fsp3) is 0.538. The van der Waals surface area contributed by atoms with Gasteiger partial charge in [0.15, 0.2) is 0 Å². The Hall–Kier alpha value is -1.70. The van der Waals surface area contributed by atoms with Crippen LogP contribution >= 0.6 is 0 Å². The summed E-state index contributed by atoms with van der Waals surface area (Å²) < 4.78 is 1.78. The molecule has 20 heavy (non-hydrogen) atoms. The Bertz CT molecular complexity index is 615. The van der Waals surface area contributed by atoms with Gasteiger partial charge in [-0.1, -0.05) is 0 Å². The molecule has 1 aliphatic carbocycles. The molecule has 0 spiro atoms. The van der Waals surface area contributed by atoms with E-state index in [0.29, 0.717) is 29.7 Å². The smallest absolute Gasteiger partial charge is 0.149 e. The zero-order valence-corrected chi connectivity index (χ0v) is 10.9. The van der Waals surface area contributed by atoms with Gasteiger partial charge in [0.05, 0.1) is 24.0 Å². The quantitative estimate of drug-likeness (QED) is 0.611. The molecular formula is C13H18N4O3. The molecule has 0 aromatic carbocycles. The number of anilines is 1. The van der Waals surface area contributed by atoms with Gasteiger partial charge in [0.25, 0.3) is 0 Å². The van der Waals surface area contributed by atoms with Crippen LogP contribution in [0.25, 0.3) is 11.0 Å². The average Bonchev–Trinajstić information content (AvgIpc) is 2.97. The van der Waals surface area contributed by atoms with Crippen LogP contribution in [-0.4, -0.2) is 48.7 Å². The molecule has 5 N–H and O–H groups in total. The van der Waals surface area contributed by atoms with E-state index in [1.165, 1.54) is 0 Å². The lowest BCUT2D eigenvalue weighted by atomic mass is 10.0. The highest BCUT2D eigenvalue weighted by atomic mass is 16.3. The maximum atomic E-state index is 10.2. The maximum absolute atomic E-state index is 10.2. The summed E-state index contributed by atoms with van der Waals surface area (Å²) in [5, 5.41) is 29.3. The van der Waals surface area contributed by atoms with Crippen LogP contribution in [0.1, 0.15) is 18.9 Å². The third kappa shape index (κ3) is 1.94. The molecule has 0 radical (unpaired) electrons. The molecule has 108 valence electrons. The number of aliphatic hydroxyl groups is 3. The number of pyridine rings is 1. The van der Waals surface area contributed by atoms with Crippen LogP contribution in [0.5, 0.6) is 0 Å². The maximum Gasteiger partial charge on any atom is 0.149 e. The number of aromatic nitrogens is 3. The first kappa shape index (κ1) is 13.3. The highest BCUT2D eigenvalue weighted by molar-refractivity contribution is 5.84. The summed E-state index contributed by atoms with van der Waals surface area (Å²) in [6.45, 7) is -0.00443. The molecule has 1 saturated carbocycles. The molecule has 2 aromatic heterocycles. The van der Waals surface area contributed by atoms with Gasteiger partial charge in [-0.15, -0.1) is 0 Å². The van der Waals surface area contributed by atoms with Crippen molar-refractivity contribution in [2.24, 2.45) is 5.92 Å². The first-order chi connectivity index (χ1) is 9.63. The molecule has 0 unspecified atom stereocenters. The number of imidazole rings is 1. The first-order valence-electron chi connectivity index (χ1n) is 6.67. The molecule has 7 heteroatoms. The summed E-state index contributed by atoms with van der Waals surface area (Å²) in [6, 6.07) is 1.45. The van der Waals surface area contributed by atoms with Crippen LogP contribution < -0.4 is 5.73 Å². The first-order valence-corrected chi connectivity index (χ1v) is 6.67. The molecule has 0 aliphatic heterocycles. The van der Waals surface area contributed by atoms with Gasteiger partial charge in [0.1, 0.15) is 17.4 Å². The van der Waals surface area contributed by atoms with Crippen LogP contribution in [0.15, 0.2) is 18.6 Å². The van der Waals surface area contributed by atoms with Crippen LogP contribution in [0, 0.1) is 5.92 Å². The van der Waals surface area contributed by atoms with Gasteiger partial charge in [0.2, 0.25) is 0 Å². The molecule has 1 aliphatic rings. The number of nitrogens with two attached hydrogens (primary N) is 1. The Kier molecular flexibility index (Phi) is 3.33. The summed E-state index contributed by atoms with van der Waals surface area (Å²) in [6.07, 6.45) is 2.50. The lowest BCUT2D eigenvalue weighted by Crippen LogP contribution is -2.29. The van der Waals surface area contributed by atoms with E-state index in [9.17, 15) is 10.2 Å². The van der Waals surface area contributed by atoms with Gasteiger partial charge in [-0.2, -0.15) is 0 Å². The van der Waals surface area contributed by atoms with Crippen LogP contribution in [0.2, 0.25) is 0 Å². The van der Waals surface area contributed by atoms with E-state index in [4.69, 9.17) is 10.8 Å². The Morgan fingerprint density at radius 2 is 2.10 bits per heavy atom. The van der Waals surface area contributed by atoms with E-state index in [-0.39, 0.29) is 18.6 Å². The highest BCUT2D eigenvalue weighted by Crippen LogP contribution is 2.39. The number of aliphatic hydroxyl groups excluding tert-OH is 3. The Morgan fingerprint density at radius 3 is 2.85 bits per heavy atom. The summed E-state index contributed by atoms with van der Waals surface area (Å²) in [4.78, 5) is 8.30. The normalized spacial score (nSPS) is 30.1. The van der Waals surface area contributed by atoms with Crippen molar-refractivity contribution in [2.45, 2.75) is 31.1 Å². The second-order valence-corrected chi connectivity index (χ2v) is 5.27. The summed E-state index contributed by atoms with van der Waals surface area (Å²) in [5.74, 6) is 0.225. The molecule has 0 bridgehead atoms. The van der Waals surface area contributed by atoms with Crippen LogP contribution in [0.4, 0.5) is 5.82 Å². The van der Waals surface area contributed by atoms with Crippen LogP contribution in [0.3, 0.4) is 0 Å². The van der Waals surface area contributed by atoms with E-state index in [1.807, 2.05) is 0 Å². The minimum atomic E-state index is -0.899. The number of nitrogens with zero attached hydrogens (tertiary/aromatic N) is 3. The summed E-state index contributed by atoms with van der Waals surface area (Å²) in [5.41, 5.74) is 7.27. The SMILES string of the molecule is Nc1nccc2ncn([C@@H]3C[C@H](CCO)[C@@H](O)[C@H]3O)c12. The molecular weight excluding hydrogens is 260 g/mol. The van der Waals surface area contributed by atoms with E-state index in [0.717, 1.165) is 0 Å². The van der Waals surface area contributed by atoms with Gasteiger partial charge in [-0.3, -0.25) is 0 Å². The Balaban J connectivity index is 1.99. The molecule has 0 saturated heterocycles. The number of hydrogen-bond donors (Lipinski definition) is 4. The van der Waals surface area contributed by atoms with Gasteiger partial charge in [0, 0.05) is 12.8 Å². The predicted molar refractivity (Wildman–Crippen MR) is 72.8 cm³/mol. The largest absolute Gasteiger partial charge is 0.396 e. The van der Waals surface area contributed by atoms with E-state index < -0.39 is 12.2 Å². The second-order valence-electron chi connectivity index (χ2n) is 5.27. The zero-order valence-electron chi connectivity index (χ0n) is 10.9. The van der Waals surface area contributed by atoms with Crippen molar-refractivity contribution >= 4 is 16.9 Å². The molecule has 3 rings (SSSR count). The van der Waals surface area contributed by atoms with Crippen molar-refractivity contribution in [1.29, 1.82) is 0 Å². The van der Waals surface area contributed by atoms with Crippen LogP contribution in [-0.2, 0) is 0 Å². The molecule has 4 atom stereocenters. The van der Waals surface area contributed by atoms with E-state index in [2.05, 4.69) is 9.97 Å². The molecule has 7 nitrogen and oxygen atoms in total. The number of hydrogen-bond acceptors (Lipinski definition) is 6. The fourth-order valence-electron chi connectivity index (χ4n) is 3.09. The number of fused-ring (bicyclic) bond motifs is 1. The Labute approximate surface area is 115 Å². The monoisotopic (exact) mass is 278 g/mol. The molecule has 0 amide bonds. The zero-order chi connectivity index (χ0) is 14.3. The van der Waals surface area contributed by atoms with Gasteiger partial charge in [-0.25, -0.2) is 9.97 Å². The van der Waals surface area contributed by atoms with Gasteiger partial charge < -0.3 is 25.6 Å². The third-order valence-corrected chi connectivity index (χ3v) is 4.14. The molecule has 1 fully saturated rings. The minimum absolute atomic E-state index is 0.00443. The average molecular weight is 278 g/mol. The molecule has 2 aromatic rings. The van der Waals surface area contributed by atoms with Gasteiger partial charge in [-0.05, 0) is 24.8 Å². The van der Waals surface area contributed by atoms with Gasteiger partial charge >= 0.3 is 0 Å². The van der Waals surface area contributed by atoms with Crippen molar-refractivity contribution in [1.82, 2.24) is 14.5 Å². The number of rotatable bonds is 3. The third-order valence-electron chi connectivity index (χ3n) is 4.14. The minimum Gasteiger partial charge on any atom is -0.396 e. The standard InChI is InChI=1S/C13H18N4O3/c14-13-10-8(1-3-15-13)16-6-17(10)9-5-7(2-4-18)11(19)12(9)20/h1,3,6-7,9,11-12,18-20H,2,4-5H2,(H2,14,15)/t7-,9+,11+,12-/m0/s1. The second kappa shape index (κ2) is 5.01.